The van der Waals surface area contributed by atoms with E-state index in [1.807, 2.05) is 0 Å². The number of amides is 2. The summed E-state index contributed by atoms with van der Waals surface area (Å²) in [6.07, 6.45) is 0.695. The molecule has 0 spiro atoms. The van der Waals surface area contributed by atoms with Crippen LogP contribution in [0.2, 0.25) is 5.02 Å². The number of halogens is 1. The van der Waals surface area contributed by atoms with Crippen molar-refractivity contribution in [1.29, 1.82) is 0 Å². The zero-order chi connectivity index (χ0) is 18.2. The number of esters is 1. The molecular formula is C17H17ClN2O4S. The van der Waals surface area contributed by atoms with E-state index in [2.05, 4.69) is 15.4 Å². The molecule has 6 nitrogen and oxygen atoms in total. The lowest BCUT2D eigenvalue weighted by molar-refractivity contribution is -0.116. The molecule has 2 amide bonds. The number of benzene rings is 1. The molecule has 0 saturated heterocycles. The van der Waals surface area contributed by atoms with Gasteiger partial charge in [-0.05, 0) is 42.1 Å². The third kappa shape index (κ3) is 5.58. The van der Waals surface area contributed by atoms with Crippen LogP contribution in [0.4, 0.5) is 5.69 Å². The Morgan fingerprint density at radius 3 is 2.56 bits per heavy atom. The molecule has 0 bridgehead atoms. The van der Waals surface area contributed by atoms with Gasteiger partial charge < -0.3 is 15.4 Å². The van der Waals surface area contributed by atoms with Crippen molar-refractivity contribution in [3.8, 4) is 0 Å². The molecule has 0 unspecified atom stereocenters. The lowest BCUT2D eigenvalue weighted by Crippen LogP contribution is -2.25. The van der Waals surface area contributed by atoms with Crippen LogP contribution in [0.3, 0.4) is 0 Å². The quantitative estimate of drug-likeness (QED) is 0.570. The zero-order valence-electron chi connectivity index (χ0n) is 13.5. The van der Waals surface area contributed by atoms with Crippen LogP contribution in [0.1, 0.15) is 32.9 Å². The number of rotatable bonds is 7. The second kappa shape index (κ2) is 9.19. The third-order valence-electron chi connectivity index (χ3n) is 3.28. The van der Waals surface area contributed by atoms with Crippen molar-refractivity contribution >= 4 is 46.4 Å². The Morgan fingerprint density at radius 2 is 1.88 bits per heavy atom. The van der Waals surface area contributed by atoms with E-state index in [1.165, 1.54) is 18.4 Å². The average Bonchev–Trinajstić information content (AvgIpc) is 3.06. The van der Waals surface area contributed by atoms with Gasteiger partial charge in [-0.3, -0.25) is 9.59 Å². The van der Waals surface area contributed by atoms with E-state index in [0.717, 1.165) is 0 Å². The van der Waals surface area contributed by atoms with Crippen molar-refractivity contribution in [2.24, 2.45) is 0 Å². The predicted octanol–water partition coefficient (Wildman–Crippen LogP) is 3.34. The SMILES string of the molecule is COC(=O)c1sccc1NC(=O)CCCNC(=O)c1ccc(Cl)cc1. The number of ether oxygens (including phenoxy) is 1. The summed E-state index contributed by atoms with van der Waals surface area (Å²) in [7, 11) is 1.29. The number of hydrogen-bond acceptors (Lipinski definition) is 5. The van der Waals surface area contributed by atoms with Gasteiger partial charge in [-0.15, -0.1) is 11.3 Å². The fraction of sp³-hybridized carbons (Fsp3) is 0.235. The van der Waals surface area contributed by atoms with E-state index >= 15 is 0 Å². The Morgan fingerprint density at radius 1 is 1.16 bits per heavy atom. The highest BCUT2D eigenvalue weighted by Crippen LogP contribution is 2.23. The standard InChI is InChI=1S/C17H17ClN2O4S/c1-24-17(23)15-13(8-10-25-15)20-14(21)3-2-9-19-16(22)11-4-6-12(18)7-5-11/h4-8,10H,2-3,9H2,1H3,(H,19,22)(H,20,21). The predicted molar refractivity (Wildman–Crippen MR) is 97.3 cm³/mol. The van der Waals surface area contributed by atoms with Crippen molar-refractivity contribution < 1.29 is 19.1 Å². The molecule has 1 aromatic heterocycles. The van der Waals surface area contributed by atoms with E-state index in [1.54, 1.807) is 35.7 Å². The molecule has 0 radical (unpaired) electrons. The van der Waals surface area contributed by atoms with Crippen LogP contribution in [0.25, 0.3) is 0 Å². The molecule has 0 fully saturated rings. The highest BCUT2D eigenvalue weighted by atomic mass is 35.5. The monoisotopic (exact) mass is 380 g/mol. The summed E-state index contributed by atoms with van der Waals surface area (Å²) in [6.45, 7) is 0.363. The van der Waals surface area contributed by atoms with Crippen molar-refractivity contribution in [2.75, 3.05) is 19.0 Å². The van der Waals surface area contributed by atoms with E-state index in [0.29, 0.717) is 34.1 Å². The van der Waals surface area contributed by atoms with E-state index < -0.39 is 5.97 Å². The summed E-state index contributed by atoms with van der Waals surface area (Å²) in [6, 6.07) is 8.20. The summed E-state index contributed by atoms with van der Waals surface area (Å²) >= 11 is 6.97. The minimum Gasteiger partial charge on any atom is -0.465 e. The van der Waals surface area contributed by atoms with Gasteiger partial charge in [-0.2, -0.15) is 0 Å². The van der Waals surface area contributed by atoms with Crippen LogP contribution in [0.15, 0.2) is 35.7 Å². The Hall–Kier alpha value is -2.38. The molecule has 8 heteroatoms. The summed E-state index contributed by atoms with van der Waals surface area (Å²) in [5, 5.41) is 7.68. The van der Waals surface area contributed by atoms with E-state index in [-0.39, 0.29) is 18.2 Å². The smallest absolute Gasteiger partial charge is 0.350 e. The summed E-state index contributed by atoms with van der Waals surface area (Å²) < 4.78 is 4.66. The van der Waals surface area contributed by atoms with Crippen LogP contribution >= 0.6 is 22.9 Å². The van der Waals surface area contributed by atoms with Crippen LogP contribution in [-0.4, -0.2) is 31.4 Å². The number of thiophene rings is 1. The van der Waals surface area contributed by atoms with Crippen LogP contribution < -0.4 is 10.6 Å². The maximum Gasteiger partial charge on any atom is 0.350 e. The van der Waals surface area contributed by atoms with Crippen molar-refractivity contribution in [2.45, 2.75) is 12.8 Å². The van der Waals surface area contributed by atoms with Gasteiger partial charge in [0.2, 0.25) is 5.91 Å². The Bertz CT molecular complexity index is 758. The summed E-state index contributed by atoms with van der Waals surface area (Å²) in [5.74, 6) is -0.937. The number of methoxy groups -OCH3 is 1. The molecule has 1 aromatic carbocycles. The number of carbonyl (C=O) groups excluding carboxylic acids is 3. The van der Waals surface area contributed by atoms with Gasteiger partial charge in [0.25, 0.3) is 5.91 Å². The first kappa shape index (κ1) is 19.0. The Labute approximate surface area is 154 Å². The summed E-state index contributed by atoms with van der Waals surface area (Å²) in [4.78, 5) is 35.7. The maximum atomic E-state index is 11.9. The number of anilines is 1. The molecule has 0 saturated carbocycles. The number of nitrogens with one attached hydrogen (secondary N) is 2. The van der Waals surface area contributed by atoms with Crippen molar-refractivity contribution in [1.82, 2.24) is 5.32 Å². The molecule has 0 aliphatic carbocycles. The van der Waals surface area contributed by atoms with E-state index in [4.69, 9.17) is 11.6 Å². The maximum absolute atomic E-state index is 11.9. The average molecular weight is 381 g/mol. The second-order valence-corrected chi connectivity index (χ2v) is 6.42. The van der Waals surface area contributed by atoms with Gasteiger partial charge in [0.1, 0.15) is 4.88 Å². The van der Waals surface area contributed by atoms with Gasteiger partial charge in [-0.1, -0.05) is 11.6 Å². The molecule has 2 rings (SSSR count). The molecule has 0 aliphatic rings. The minimum absolute atomic E-state index is 0.220. The molecular weight excluding hydrogens is 364 g/mol. The van der Waals surface area contributed by atoms with Gasteiger partial charge in [0, 0.05) is 23.6 Å². The highest BCUT2D eigenvalue weighted by molar-refractivity contribution is 7.12. The van der Waals surface area contributed by atoms with E-state index in [9.17, 15) is 14.4 Å². The molecule has 1 heterocycles. The first-order valence-electron chi connectivity index (χ1n) is 7.50. The number of hydrogen-bond donors (Lipinski definition) is 2. The fourth-order valence-electron chi connectivity index (χ4n) is 2.03. The number of carbonyl (C=O) groups is 3. The van der Waals surface area contributed by atoms with Crippen LogP contribution in [-0.2, 0) is 9.53 Å². The largest absolute Gasteiger partial charge is 0.465 e. The molecule has 2 aromatic rings. The second-order valence-electron chi connectivity index (χ2n) is 5.07. The first-order chi connectivity index (χ1) is 12.0. The Balaban J connectivity index is 1.74. The molecule has 25 heavy (non-hydrogen) atoms. The van der Waals surface area contributed by atoms with Crippen molar-refractivity contribution in [3.05, 3.63) is 51.2 Å². The van der Waals surface area contributed by atoms with Gasteiger partial charge >= 0.3 is 5.97 Å². The molecule has 0 atom stereocenters. The first-order valence-corrected chi connectivity index (χ1v) is 8.76. The van der Waals surface area contributed by atoms with Gasteiger partial charge in [0.05, 0.1) is 12.8 Å². The van der Waals surface area contributed by atoms with Gasteiger partial charge in [-0.25, -0.2) is 4.79 Å². The topological polar surface area (TPSA) is 84.5 Å². The lowest BCUT2D eigenvalue weighted by atomic mass is 10.2. The minimum atomic E-state index is -0.486. The molecule has 132 valence electrons. The molecule has 0 aliphatic heterocycles. The summed E-state index contributed by atoms with van der Waals surface area (Å²) in [5.41, 5.74) is 0.946. The highest BCUT2D eigenvalue weighted by Gasteiger charge is 2.15. The third-order valence-corrected chi connectivity index (χ3v) is 4.43. The van der Waals surface area contributed by atoms with Crippen LogP contribution in [0.5, 0.6) is 0 Å². The van der Waals surface area contributed by atoms with Crippen LogP contribution in [0, 0.1) is 0 Å². The lowest BCUT2D eigenvalue weighted by Gasteiger charge is -2.07. The van der Waals surface area contributed by atoms with Crippen molar-refractivity contribution in [3.63, 3.8) is 0 Å². The molecule has 2 N–H and O–H groups in total. The fourth-order valence-corrected chi connectivity index (χ4v) is 2.92. The Kier molecular flexibility index (Phi) is 6.97. The zero-order valence-corrected chi connectivity index (χ0v) is 15.1. The van der Waals surface area contributed by atoms with Gasteiger partial charge in [0.15, 0.2) is 0 Å². The normalized spacial score (nSPS) is 10.2.